The van der Waals surface area contributed by atoms with Crippen molar-refractivity contribution in [1.82, 2.24) is 8.61 Å². The van der Waals surface area contributed by atoms with Crippen LogP contribution in [0.1, 0.15) is 47.2 Å². The van der Waals surface area contributed by atoms with E-state index >= 15 is 0 Å². The van der Waals surface area contributed by atoms with Crippen molar-refractivity contribution in [3.8, 4) is 0 Å². The van der Waals surface area contributed by atoms with Crippen LogP contribution in [0.15, 0.2) is 125 Å². The molecular formula is C38H35ClN2O5S2. The van der Waals surface area contributed by atoms with Crippen LogP contribution in [-0.4, -0.2) is 43.8 Å². The van der Waals surface area contributed by atoms with E-state index in [0.29, 0.717) is 10.6 Å². The molecule has 4 atom stereocenters. The summed E-state index contributed by atoms with van der Waals surface area (Å²) in [5.74, 6) is -1.04. The van der Waals surface area contributed by atoms with Gasteiger partial charge in [-0.1, -0.05) is 102 Å². The molecule has 5 aromatic carbocycles. The van der Waals surface area contributed by atoms with Gasteiger partial charge in [0.05, 0.1) is 21.9 Å². The lowest BCUT2D eigenvalue weighted by Gasteiger charge is -2.51. The Morgan fingerprint density at radius 1 is 0.667 bits per heavy atom. The van der Waals surface area contributed by atoms with Gasteiger partial charge in [-0.2, -0.15) is 8.61 Å². The Balaban J connectivity index is 1.41. The molecule has 7 nitrogen and oxygen atoms in total. The Bertz CT molecular complexity index is 2220. The van der Waals surface area contributed by atoms with Gasteiger partial charge in [-0.05, 0) is 78.6 Å². The number of hydrogen-bond acceptors (Lipinski definition) is 5. The van der Waals surface area contributed by atoms with Crippen LogP contribution in [0.5, 0.6) is 0 Å². The van der Waals surface area contributed by atoms with Crippen molar-refractivity contribution in [1.29, 1.82) is 0 Å². The van der Waals surface area contributed by atoms with Crippen LogP contribution >= 0.6 is 11.6 Å². The molecule has 0 radical (unpaired) electrons. The van der Waals surface area contributed by atoms with E-state index in [9.17, 15) is 21.6 Å². The van der Waals surface area contributed by atoms with E-state index in [1.165, 1.54) is 8.61 Å². The highest BCUT2D eigenvalue weighted by Gasteiger charge is 2.54. The van der Waals surface area contributed by atoms with Gasteiger partial charge in [0.2, 0.25) is 20.0 Å². The first-order chi connectivity index (χ1) is 22.9. The van der Waals surface area contributed by atoms with E-state index in [1.807, 2.05) is 56.3 Å². The average Bonchev–Trinajstić information content (AvgIpc) is 3.08. The first kappa shape index (κ1) is 32.7. The van der Waals surface area contributed by atoms with E-state index in [2.05, 4.69) is 0 Å². The molecule has 48 heavy (non-hydrogen) atoms. The minimum atomic E-state index is -4.17. The first-order valence-electron chi connectivity index (χ1n) is 15.9. The lowest BCUT2D eigenvalue weighted by Crippen LogP contribution is -2.60. The number of sulfonamides is 2. The quantitative estimate of drug-likeness (QED) is 0.182. The normalized spacial score (nSPS) is 22.4. The molecule has 7 rings (SSSR count). The van der Waals surface area contributed by atoms with Crippen LogP contribution in [0.3, 0.4) is 0 Å². The molecule has 2 saturated heterocycles. The largest absolute Gasteiger partial charge is 0.299 e. The lowest BCUT2D eigenvalue weighted by molar-refractivity contribution is -0.132. The molecule has 1 unspecified atom stereocenters. The second-order valence-electron chi connectivity index (χ2n) is 12.8. The highest BCUT2D eigenvalue weighted by atomic mass is 35.5. The van der Waals surface area contributed by atoms with E-state index in [-0.39, 0.29) is 35.0 Å². The molecule has 0 amide bonds. The van der Waals surface area contributed by atoms with Crippen LogP contribution in [0.2, 0.25) is 5.02 Å². The van der Waals surface area contributed by atoms with Crippen molar-refractivity contribution in [2.45, 2.75) is 54.6 Å². The number of halogens is 1. The zero-order chi connectivity index (χ0) is 33.8. The molecular weight excluding hydrogens is 664 g/mol. The molecule has 2 heterocycles. The predicted octanol–water partition coefficient (Wildman–Crippen LogP) is 7.64. The summed E-state index contributed by atoms with van der Waals surface area (Å²) >= 11 is 6.25. The Morgan fingerprint density at radius 3 is 1.90 bits per heavy atom. The third-order valence-electron chi connectivity index (χ3n) is 9.76. The number of carbonyl (C=O) groups excluding carboxylic acids is 1. The molecule has 10 heteroatoms. The molecule has 2 aliphatic rings. The Kier molecular flexibility index (Phi) is 8.54. The maximum absolute atomic E-state index is 14.9. The van der Waals surface area contributed by atoms with E-state index in [1.54, 1.807) is 72.8 Å². The van der Waals surface area contributed by atoms with Crippen LogP contribution < -0.4 is 0 Å². The smallest absolute Gasteiger partial charge is 0.243 e. The average molecular weight is 699 g/mol. The summed E-state index contributed by atoms with van der Waals surface area (Å²) in [6.45, 7) is 3.62. The highest BCUT2D eigenvalue weighted by molar-refractivity contribution is 7.89. The van der Waals surface area contributed by atoms with Crippen molar-refractivity contribution < 1.29 is 21.6 Å². The van der Waals surface area contributed by atoms with Crippen LogP contribution in [-0.2, 0) is 24.8 Å². The van der Waals surface area contributed by atoms with Gasteiger partial charge >= 0.3 is 0 Å². The summed E-state index contributed by atoms with van der Waals surface area (Å²) in [6.07, 6.45) is -0.000214. The number of fused-ring (bicyclic) bond motifs is 2. The fraction of sp³-hybridized carbons (Fsp3) is 0.237. The Hall–Kier alpha value is -3.86. The minimum Gasteiger partial charge on any atom is -0.299 e. The highest BCUT2D eigenvalue weighted by Crippen LogP contribution is 2.49. The Morgan fingerprint density at radius 2 is 1.25 bits per heavy atom. The summed E-state index contributed by atoms with van der Waals surface area (Å²) in [7, 11) is -8.25. The molecule has 0 aliphatic carbocycles. The summed E-state index contributed by atoms with van der Waals surface area (Å²) in [5.41, 5.74) is 3.25. The topological polar surface area (TPSA) is 91.8 Å². The number of piperidine rings is 2. The molecule has 0 bridgehead atoms. The predicted molar refractivity (Wildman–Crippen MR) is 188 cm³/mol. The summed E-state index contributed by atoms with van der Waals surface area (Å²) < 4.78 is 61.3. The first-order valence-corrected chi connectivity index (χ1v) is 19.2. The summed E-state index contributed by atoms with van der Waals surface area (Å²) in [6, 6.07) is 31.4. The number of hydrogen-bond donors (Lipinski definition) is 0. The van der Waals surface area contributed by atoms with Gasteiger partial charge in [0.25, 0.3) is 0 Å². The van der Waals surface area contributed by atoms with Crippen LogP contribution in [0.25, 0.3) is 10.8 Å². The van der Waals surface area contributed by atoms with E-state index < -0.39 is 44.1 Å². The molecule has 2 fully saturated rings. The second-order valence-corrected chi connectivity index (χ2v) is 16.9. The number of rotatable bonds is 6. The van der Waals surface area contributed by atoms with Crippen molar-refractivity contribution >= 4 is 48.2 Å². The molecule has 5 aromatic rings. The third kappa shape index (κ3) is 5.77. The van der Waals surface area contributed by atoms with E-state index in [0.717, 1.165) is 27.5 Å². The van der Waals surface area contributed by atoms with Crippen LogP contribution in [0.4, 0.5) is 0 Å². The minimum absolute atomic E-state index is 0.0789. The molecule has 2 aliphatic heterocycles. The number of nitrogens with zero attached hydrogens (tertiary/aromatic N) is 2. The van der Waals surface area contributed by atoms with Crippen molar-refractivity contribution in [2.75, 3.05) is 6.54 Å². The van der Waals surface area contributed by atoms with Gasteiger partial charge < -0.3 is 0 Å². The summed E-state index contributed by atoms with van der Waals surface area (Å²) in [5, 5.41) is 2.30. The molecule has 0 N–H and O–H groups in total. The van der Waals surface area contributed by atoms with Crippen molar-refractivity contribution in [3.63, 3.8) is 0 Å². The van der Waals surface area contributed by atoms with Gasteiger partial charge in [0, 0.05) is 29.9 Å². The maximum Gasteiger partial charge on any atom is 0.243 e. The fourth-order valence-corrected chi connectivity index (χ4v) is 10.9. The van der Waals surface area contributed by atoms with E-state index in [4.69, 9.17) is 11.6 Å². The third-order valence-corrected chi connectivity index (χ3v) is 13.8. The van der Waals surface area contributed by atoms with Gasteiger partial charge in [-0.25, -0.2) is 16.8 Å². The zero-order valence-corrected chi connectivity index (χ0v) is 28.9. The fourth-order valence-electron chi connectivity index (χ4n) is 7.28. The van der Waals surface area contributed by atoms with Crippen molar-refractivity contribution in [2.24, 2.45) is 5.92 Å². The second kappa shape index (κ2) is 12.5. The van der Waals surface area contributed by atoms with Gasteiger partial charge in [0.15, 0.2) is 0 Å². The number of ketones is 1. The standard InChI is InChI=1S/C38H35ClN2O5S2/c1-25-10-18-30(19-11-25)47(43,44)40-24-34-36(22-35(40)28-14-16-29(39)17-15-28)41(48(45,46)31-20-12-26(2)13-21-31)37(23-38(34)42)33-9-5-7-27-6-3-4-8-32(27)33/h3-21,34-37H,22-24H2,1-2H3/t34-,35?,36+,37+/m1/s1. The number of Topliss-reactive ketones (excluding diaryl/α,β-unsaturated/α-hetero) is 1. The zero-order valence-electron chi connectivity index (χ0n) is 26.5. The summed E-state index contributed by atoms with van der Waals surface area (Å²) in [4.78, 5) is 14.5. The molecule has 0 aromatic heterocycles. The number of aryl methyl sites for hydroxylation is 2. The number of carbonyl (C=O) groups is 1. The van der Waals surface area contributed by atoms with Gasteiger partial charge in [-0.3, -0.25) is 4.79 Å². The maximum atomic E-state index is 14.9. The van der Waals surface area contributed by atoms with Crippen LogP contribution in [0, 0.1) is 19.8 Å². The van der Waals surface area contributed by atoms with Gasteiger partial charge in [-0.15, -0.1) is 0 Å². The van der Waals surface area contributed by atoms with Gasteiger partial charge in [0.1, 0.15) is 5.78 Å². The lowest BCUT2D eigenvalue weighted by atomic mass is 9.77. The Labute approximate surface area is 286 Å². The monoisotopic (exact) mass is 698 g/mol. The number of benzene rings is 5. The SMILES string of the molecule is Cc1ccc(S(=O)(=O)N2C[C@H]3C(=O)C[C@@H](c4cccc5ccccc45)N(S(=O)(=O)c4ccc(C)cc4)[C@H]3CC2c2ccc(Cl)cc2)cc1. The van der Waals surface area contributed by atoms with Crippen molar-refractivity contribution in [3.05, 3.63) is 143 Å². The molecule has 0 spiro atoms. The molecule has 246 valence electrons. The molecule has 0 saturated carbocycles.